The van der Waals surface area contributed by atoms with E-state index in [1.807, 2.05) is 19.2 Å². The highest BCUT2D eigenvalue weighted by atomic mass is 16.7. The van der Waals surface area contributed by atoms with Crippen molar-refractivity contribution in [2.24, 2.45) is 17.3 Å². The van der Waals surface area contributed by atoms with Crippen LogP contribution in [0.25, 0.3) is 0 Å². The highest BCUT2D eigenvalue weighted by molar-refractivity contribution is 6.48. The number of β-amino-alcohol motifs (C(OH)–C–C–N with tert-alkyl or cyclic N) is 1. The van der Waals surface area contributed by atoms with Crippen molar-refractivity contribution < 1.29 is 24.0 Å². The molecule has 1 aromatic carbocycles. The molecule has 3 N–H and O–H groups in total. The third-order valence-corrected chi connectivity index (χ3v) is 9.20. The van der Waals surface area contributed by atoms with Gasteiger partial charge in [0, 0.05) is 18.7 Å². The summed E-state index contributed by atoms with van der Waals surface area (Å²) in [5.41, 5.74) is 1.44. The molecule has 2 saturated heterocycles. The van der Waals surface area contributed by atoms with Crippen LogP contribution in [0.15, 0.2) is 24.3 Å². The van der Waals surface area contributed by atoms with E-state index in [-0.39, 0.29) is 41.4 Å². The Bertz CT molecular complexity index is 988. The van der Waals surface area contributed by atoms with Crippen LogP contribution >= 0.6 is 0 Å². The minimum Gasteiger partial charge on any atom is -0.404 e. The molecule has 2 heterocycles. The van der Waals surface area contributed by atoms with Crippen molar-refractivity contribution in [2.75, 3.05) is 13.6 Å². The van der Waals surface area contributed by atoms with E-state index in [4.69, 9.17) is 9.31 Å². The highest BCUT2D eigenvalue weighted by Crippen LogP contribution is 2.65. The average Bonchev–Trinajstić information content (AvgIpc) is 3.38. The second-order valence-corrected chi connectivity index (χ2v) is 11.7. The first kappa shape index (κ1) is 24.7. The summed E-state index contributed by atoms with van der Waals surface area (Å²) in [6.45, 7) is 9.41. The molecule has 6 rings (SSSR count). The largest absolute Gasteiger partial charge is 0.482 e. The monoisotopic (exact) mass is 483 g/mol. The summed E-state index contributed by atoms with van der Waals surface area (Å²) in [5, 5.41) is 16.4. The normalized spacial score (nSPS) is 35.9. The Kier molecular flexibility index (Phi) is 6.27. The number of likely N-dealkylation sites (tertiary alicyclic amines) is 1. The van der Waals surface area contributed by atoms with Crippen LogP contribution < -0.4 is 10.6 Å². The molecule has 3 aliphatic carbocycles. The van der Waals surface area contributed by atoms with Crippen molar-refractivity contribution in [1.82, 2.24) is 15.5 Å². The van der Waals surface area contributed by atoms with Crippen molar-refractivity contribution in [3.05, 3.63) is 35.4 Å². The smallest absolute Gasteiger partial charge is 0.404 e. The van der Waals surface area contributed by atoms with Crippen molar-refractivity contribution in [2.45, 2.75) is 83.3 Å². The number of nitrogens with one attached hydrogen (secondary N) is 2. The molecule has 35 heavy (non-hydrogen) atoms. The summed E-state index contributed by atoms with van der Waals surface area (Å²) in [4.78, 5) is 27.8. The van der Waals surface area contributed by atoms with Crippen LogP contribution in [0.5, 0.6) is 0 Å². The lowest BCUT2D eigenvalue weighted by Crippen LogP contribution is -2.65. The van der Waals surface area contributed by atoms with Gasteiger partial charge in [-0.05, 0) is 75.1 Å². The number of aliphatic hydroxyl groups is 1. The van der Waals surface area contributed by atoms with Crippen LogP contribution in [-0.2, 0) is 20.6 Å². The molecular formula is C26H38BN3O5. The van der Waals surface area contributed by atoms with E-state index >= 15 is 0 Å². The number of carbonyl (C=O) groups is 2. The van der Waals surface area contributed by atoms with E-state index in [0.717, 1.165) is 24.9 Å². The predicted molar refractivity (Wildman–Crippen MR) is 132 cm³/mol. The molecular weight excluding hydrogens is 445 g/mol. The fourth-order valence-electron chi connectivity index (χ4n) is 6.99. The molecule has 0 spiro atoms. The number of hydrogen-bond donors (Lipinski definition) is 3. The van der Waals surface area contributed by atoms with Gasteiger partial charge < -0.3 is 29.9 Å². The SMILES string of the molecule is CNCc1ccc(C(=O)N[C@H](C)C(=O)N2C[C@@H](O)C[C@H]2B2OC3C[C@@H]4C[C@@H](C4(C)C)[C@]3(C)O2)cc1. The van der Waals surface area contributed by atoms with Gasteiger partial charge in [0.15, 0.2) is 0 Å². The Morgan fingerprint density at radius 1 is 1.20 bits per heavy atom. The van der Waals surface area contributed by atoms with Crippen LogP contribution in [-0.4, -0.2) is 72.3 Å². The van der Waals surface area contributed by atoms with Gasteiger partial charge in [0.25, 0.3) is 5.91 Å². The maximum atomic E-state index is 13.4. The molecule has 190 valence electrons. The second kappa shape index (κ2) is 8.87. The minimum atomic E-state index is -0.738. The van der Waals surface area contributed by atoms with Gasteiger partial charge >= 0.3 is 7.12 Å². The van der Waals surface area contributed by atoms with E-state index in [1.165, 1.54) is 0 Å². The van der Waals surface area contributed by atoms with Crippen LogP contribution in [0.4, 0.5) is 0 Å². The number of carbonyl (C=O) groups excluding carboxylic acids is 2. The molecule has 7 atom stereocenters. The van der Waals surface area contributed by atoms with Crippen molar-refractivity contribution >= 4 is 18.9 Å². The van der Waals surface area contributed by atoms with E-state index < -0.39 is 19.3 Å². The van der Waals surface area contributed by atoms with Gasteiger partial charge in [-0.3, -0.25) is 9.59 Å². The molecule has 2 amide bonds. The average molecular weight is 483 g/mol. The van der Waals surface area contributed by atoms with Gasteiger partial charge in [-0.1, -0.05) is 26.0 Å². The van der Waals surface area contributed by atoms with Crippen LogP contribution in [0.2, 0.25) is 0 Å². The first-order valence-corrected chi connectivity index (χ1v) is 12.9. The zero-order chi connectivity index (χ0) is 25.1. The summed E-state index contributed by atoms with van der Waals surface area (Å²) in [6, 6.07) is 6.57. The molecule has 0 radical (unpaired) electrons. The number of hydrogen-bond acceptors (Lipinski definition) is 6. The summed E-state index contributed by atoms with van der Waals surface area (Å²) < 4.78 is 13.0. The maximum Gasteiger partial charge on any atom is 0.482 e. The van der Waals surface area contributed by atoms with Crippen LogP contribution in [0.3, 0.4) is 0 Å². The lowest BCUT2D eigenvalue weighted by Gasteiger charge is -2.64. The summed E-state index contributed by atoms with van der Waals surface area (Å²) in [7, 11) is 1.30. The standard InChI is InChI=1S/C26H38BN3O5/c1-15(29-23(32)17-8-6-16(7-9-17)13-28-5)24(33)30-14-19(31)12-22(30)27-34-21-11-18-10-20(25(18,2)3)26(21,4)35-27/h6-9,15,18-22,28,31H,10-14H2,1-5H3,(H,29,32)/t15-,18+,19+,20+,21?,22+,26+/m1/s1. The third kappa shape index (κ3) is 4.10. The zero-order valence-corrected chi connectivity index (χ0v) is 21.4. The van der Waals surface area contributed by atoms with Crippen LogP contribution in [0.1, 0.15) is 62.9 Å². The van der Waals surface area contributed by atoms with E-state index in [1.54, 1.807) is 24.0 Å². The fraction of sp³-hybridized carbons (Fsp3) is 0.692. The minimum absolute atomic E-state index is 0.0157. The fourth-order valence-corrected chi connectivity index (χ4v) is 6.99. The Balaban J connectivity index is 1.25. The number of rotatable bonds is 6. The van der Waals surface area contributed by atoms with Gasteiger partial charge in [-0.25, -0.2) is 0 Å². The molecule has 9 heteroatoms. The predicted octanol–water partition coefficient (Wildman–Crippen LogP) is 1.75. The highest BCUT2D eigenvalue weighted by Gasteiger charge is 2.69. The first-order chi connectivity index (χ1) is 16.5. The molecule has 5 aliphatic rings. The molecule has 1 aromatic rings. The lowest BCUT2D eigenvalue weighted by molar-refractivity contribution is -0.199. The van der Waals surface area contributed by atoms with Gasteiger partial charge in [0.2, 0.25) is 5.91 Å². The molecule has 0 aromatic heterocycles. The third-order valence-electron chi connectivity index (χ3n) is 9.20. The Hall–Kier alpha value is -1.94. The Labute approximate surface area is 208 Å². The van der Waals surface area contributed by atoms with Gasteiger partial charge in [-0.15, -0.1) is 0 Å². The zero-order valence-electron chi connectivity index (χ0n) is 21.4. The first-order valence-electron chi connectivity index (χ1n) is 12.9. The molecule has 2 aliphatic heterocycles. The summed E-state index contributed by atoms with van der Waals surface area (Å²) in [6.07, 6.45) is 1.91. The number of benzene rings is 1. The Morgan fingerprint density at radius 3 is 2.57 bits per heavy atom. The van der Waals surface area contributed by atoms with Gasteiger partial charge in [0.1, 0.15) is 6.04 Å². The topological polar surface area (TPSA) is 100 Å². The summed E-state index contributed by atoms with van der Waals surface area (Å²) in [5.74, 6) is 0.162. The number of amides is 2. The lowest BCUT2D eigenvalue weighted by atomic mass is 9.43. The van der Waals surface area contributed by atoms with Crippen LogP contribution in [0, 0.1) is 17.3 Å². The molecule has 5 fully saturated rings. The van der Waals surface area contributed by atoms with Crippen molar-refractivity contribution in [1.29, 1.82) is 0 Å². The maximum absolute atomic E-state index is 13.4. The molecule has 8 nitrogen and oxygen atoms in total. The van der Waals surface area contributed by atoms with E-state index in [0.29, 0.717) is 23.8 Å². The molecule has 2 bridgehead atoms. The van der Waals surface area contributed by atoms with E-state index in [2.05, 4.69) is 31.4 Å². The van der Waals surface area contributed by atoms with Crippen molar-refractivity contribution in [3.63, 3.8) is 0 Å². The summed E-state index contributed by atoms with van der Waals surface area (Å²) >= 11 is 0. The number of aliphatic hydroxyl groups excluding tert-OH is 1. The Morgan fingerprint density at radius 2 is 1.91 bits per heavy atom. The molecule has 1 unspecified atom stereocenters. The van der Waals surface area contributed by atoms with Gasteiger partial charge in [-0.2, -0.15) is 0 Å². The van der Waals surface area contributed by atoms with E-state index in [9.17, 15) is 14.7 Å². The number of nitrogens with zero attached hydrogens (tertiary/aromatic N) is 1. The quantitative estimate of drug-likeness (QED) is 0.534. The van der Waals surface area contributed by atoms with Crippen molar-refractivity contribution in [3.8, 4) is 0 Å². The second-order valence-electron chi connectivity index (χ2n) is 11.7. The molecule has 3 saturated carbocycles. The van der Waals surface area contributed by atoms with Gasteiger partial charge in [0.05, 0.1) is 23.8 Å².